The SMILES string of the molecule is O=C(Nc1ccc(-c2nc3ccccc3s2)cc1[N+](=O)[O-])C12CC3CC(CC(C3)C1)C2. The Morgan fingerprint density at radius 1 is 1.06 bits per heavy atom. The fraction of sp³-hybridized carbons (Fsp3) is 0.417. The van der Waals surface area contributed by atoms with Gasteiger partial charge in [0, 0.05) is 11.6 Å². The summed E-state index contributed by atoms with van der Waals surface area (Å²) in [7, 11) is 0. The summed E-state index contributed by atoms with van der Waals surface area (Å²) in [6.45, 7) is 0. The first-order valence-electron chi connectivity index (χ1n) is 10.9. The third-order valence-electron chi connectivity index (χ3n) is 7.50. The minimum absolute atomic E-state index is 0.0255. The van der Waals surface area contributed by atoms with Crippen molar-refractivity contribution in [2.75, 3.05) is 5.32 Å². The summed E-state index contributed by atoms with van der Waals surface area (Å²) in [6, 6.07) is 12.8. The molecule has 1 amide bonds. The molecule has 6 nitrogen and oxygen atoms in total. The van der Waals surface area contributed by atoms with Crippen LogP contribution in [0, 0.1) is 33.3 Å². The molecule has 4 fully saturated rings. The largest absolute Gasteiger partial charge is 0.320 e. The summed E-state index contributed by atoms with van der Waals surface area (Å²) in [5.41, 5.74) is 1.45. The first-order chi connectivity index (χ1) is 15.0. The zero-order valence-electron chi connectivity index (χ0n) is 17.0. The lowest BCUT2D eigenvalue weighted by atomic mass is 9.49. The normalized spacial score (nSPS) is 28.7. The molecule has 7 rings (SSSR count). The summed E-state index contributed by atoms with van der Waals surface area (Å²) in [6.07, 6.45) is 6.56. The van der Waals surface area contributed by atoms with Crippen molar-refractivity contribution in [1.82, 2.24) is 4.98 Å². The van der Waals surface area contributed by atoms with E-state index in [1.807, 2.05) is 30.3 Å². The number of hydrogen-bond donors (Lipinski definition) is 1. The van der Waals surface area contributed by atoms with Crippen LogP contribution in [0.25, 0.3) is 20.8 Å². The zero-order valence-corrected chi connectivity index (χ0v) is 17.9. The van der Waals surface area contributed by atoms with Crippen LogP contribution in [0.4, 0.5) is 11.4 Å². The minimum atomic E-state index is -0.411. The quantitative estimate of drug-likeness (QED) is 0.402. The van der Waals surface area contributed by atoms with Gasteiger partial charge in [-0.05, 0) is 80.5 Å². The molecule has 4 aliphatic rings. The number of nitro benzene ring substituents is 1. The maximum atomic E-state index is 13.4. The third-order valence-corrected chi connectivity index (χ3v) is 8.59. The van der Waals surface area contributed by atoms with E-state index in [4.69, 9.17) is 0 Å². The molecule has 0 radical (unpaired) electrons. The van der Waals surface area contributed by atoms with Gasteiger partial charge in [-0.3, -0.25) is 14.9 Å². The number of para-hydroxylation sites is 1. The van der Waals surface area contributed by atoms with Crippen molar-refractivity contribution in [3.63, 3.8) is 0 Å². The lowest BCUT2D eigenvalue weighted by molar-refractivity contribution is -0.383. The van der Waals surface area contributed by atoms with E-state index in [9.17, 15) is 14.9 Å². The molecule has 1 heterocycles. The van der Waals surface area contributed by atoms with Crippen LogP contribution in [0.1, 0.15) is 38.5 Å². The Morgan fingerprint density at radius 2 is 1.74 bits per heavy atom. The smallest absolute Gasteiger partial charge is 0.293 e. The van der Waals surface area contributed by atoms with Crippen LogP contribution in [-0.4, -0.2) is 15.8 Å². The molecule has 158 valence electrons. The van der Waals surface area contributed by atoms with Crippen LogP contribution in [-0.2, 0) is 4.79 Å². The van der Waals surface area contributed by atoms with Gasteiger partial charge in [-0.25, -0.2) is 4.98 Å². The average Bonchev–Trinajstić information content (AvgIpc) is 3.17. The second-order valence-electron chi connectivity index (χ2n) is 9.63. The molecular weight excluding hydrogens is 410 g/mol. The highest BCUT2D eigenvalue weighted by Gasteiger charge is 2.54. The van der Waals surface area contributed by atoms with Crippen molar-refractivity contribution < 1.29 is 9.72 Å². The number of nitro groups is 1. The summed E-state index contributed by atoms with van der Waals surface area (Å²) < 4.78 is 1.04. The Bertz CT molecular complexity index is 1150. The molecule has 2 aromatic carbocycles. The number of nitrogens with one attached hydrogen (secondary N) is 1. The Balaban J connectivity index is 1.31. The lowest BCUT2D eigenvalue weighted by Gasteiger charge is -2.55. The highest BCUT2D eigenvalue weighted by Crippen LogP contribution is 2.60. The number of amides is 1. The molecule has 1 N–H and O–H groups in total. The monoisotopic (exact) mass is 433 g/mol. The van der Waals surface area contributed by atoms with Gasteiger partial charge in [0.1, 0.15) is 10.7 Å². The number of aromatic nitrogens is 1. The third kappa shape index (κ3) is 3.14. The number of benzene rings is 2. The second kappa shape index (κ2) is 6.85. The highest BCUT2D eigenvalue weighted by atomic mass is 32.1. The maximum absolute atomic E-state index is 13.4. The fourth-order valence-corrected chi connectivity index (χ4v) is 7.52. The van der Waals surface area contributed by atoms with E-state index in [1.165, 1.54) is 36.7 Å². The molecule has 3 aromatic rings. The molecule has 4 bridgehead atoms. The summed E-state index contributed by atoms with van der Waals surface area (Å²) in [5.74, 6) is 1.91. The van der Waals surface area contributed by atoms with Crippen LogP contribution < -0.4 is 5.32 Å². The molecule has 1 aromatic heterocycles. The van der Waals surface area contributed by atoms with Gasteiger partial charge >= 0.3 is 0 Å². The van der Waals surface area contributed by atoms with Gasteiger partial charge in [0.25, 0.3) is 5.69 Å². The fourth-order valence-electron chi connectivity index (χ4n) is 6.56. The van der Waals surface area contributed by atoms with Crippen LogP contribution in [0.2, 0.25) is 0 Å². The molecule has 7 heteroatoms. The number of rotatable bonds is 4. The van der Waals surface area contributed by atoms with Crippen LogP contribution in [0.3, 0.4) is 0 Å². The molecule has 0 unspecified atom stereocenters. The van der Waals surface area contributed by atoms with Crippen molar-refractivity contribution in [2.24, 2.45) is 23.2 Å². The van der Waals surface area contributed by atoms with Crippen molar-refractivity contribution in [1.29, 1.82) is 0 Å². The number of carbonyl (C=O) groups excluding carboxylic acids is 1. The van der Waals surface area contributed by atoms with E-state index >= 15 is 0 Å². The van der Waals surface area contributed by atoms with Crippen molar-refractivity contribution in [2.45, 2.75) is 38.5 Å². The molecule has 0 aliphatic heterocycles. The average molecular weight is 434 g/mol. The number of anilines is 1. The number of thiazole rings is 1. The predicted molar refractivity (Wildman–Crippen MR) is 121 cm³/mol. The first kappa shape index (κ1) is 18.9. The Hall–Kier alpha value is -2.80. The number of carbonyl (C=O) groups is 1. The van der Waals surface area contributed by atoms with Crippen molar-refractivity contribution >= 4 is 38.8 Å². The van der Waals surface area contributed by atoms with Crippen LogP contribution in [0.5, 0.6) is 0 Å². The van der Waals surface area contributed by atoms with E-state index < -0.39 is 4.92 Å². The van der Waals surface area contributed by atoms with Crippen molar-refractivity contribution in [3.05, 3.63) is 52.6 Å². The summed E-state index contributed by atoms with van der Waals surface area (Å²) >= 11 is 1.51. The van der Waals surface area contributed by atoms with Gasteiger partial charge in [0.15, 0.2) is 0 Å². The minimum Gasteiger partial charge on any atom is -0.320 e. The van der Waals surface area contributed by atoms with Gasteiger partial charge in [-0.15, -0.1) is 11.3 Å². The van der Waals surface area contributed by atoms with E-state index in [0.717, 1.165) is 34.5 Å². The number of hydrogen-bond acceptors (Lipinski definition) is 5. The molecule has 0 atom stereocenters. The first-order valence-corrected chi connectivity index (χ1v) is 11.8. The Morgan fingerprint density at radius 3 is 2.39 bits per heavy atom. The molecule has 0 spiro atoms. The molecule has 31 heavy (non-hydrogen) atoms. The van der Waals surface area contributed by atoms with E-state index in [-0.39, 0.29) is 22.7 Å². The maximum Gasteiger partial charge on any atom is 0.293 e. The number of fused-ring (bicyclic) bond motifs is 1. The lowest BCUT2D eigenvalue weighted by Crippen LogP contribution is -2.51. The summed E-state index contributed by atoms with van der Waals surface area (Å²) in [5, 5.41) is 15.5. The topological polar surface area (TPSA) is 85.1 Å². The number of nitrogens with zero attached hydrogens (tertiary/aromatic N) is 2. The summed E-state index contributed by atoms with van der Waals surface area (Å²) in [4.78, 5) is 29.4. The highest BCUT2D eigenvalue weighted by molar-refractivity contribution is 7.21. The molecule has 4 saturated carbocycles. The zero-order chi connectivity index (χ0) is 21.2. The second-order valence-corrected chi connectivity index (χ2v) is 10.7. The molecule has 4 aliphatic carbocycles. The van der Waals surface area contributed by atoms with E-state index in [1.54, 1.807) is 6.07 Å². The standard InChI is InChI=1S/C24H23N3O3S/c28-23(24-11-14-7-15(12-24)9-16(8-14)13-24)26-18-6-5-17(10-20(18)27(29)30)22-25-19-3-1-2-4-21(19)31-22/h1-6,10,14-16H,7-9,11-13H2,(H,26,28). The Kier molecular flexibility index (Phi) is 4.18. The van der Waals surface area contributed by atoms with E-state index in [2.05, 4.69) is 10.3 Å². The van der Waals surface area contributed by atoms with Gasteiger partial charge in [0.2, 0.25) is 5.91 Å². The van der Waals surface area contributed by atoms with Gasteiger partial charge in [-0.1, -0.05) is 12.1 Å². The molecular formula is C24H23N3O3S. The Labute approximate surface area is 183 Å². The molecule has 0 saturated heterocycles. The van der Waals surface area contributed by atoms with Gasteiger partial charge in [0.05, 0.1) is 20.6 Å². The predicted octanol–water partition coefficient (Wildman–Crippen LogP) is 6.03. The van der Waals surface area contributed by atoms with Crippen molar-refractivity contribution in [3.8, 4) is 10.6 Å². The van der Waals surface area contributed by atoms with Crippen LogP contribution in [0.15, 0.2) is 42.5 Å². The van der Waals surface area contributed by atoms with Gasteiger partial charge < -0.3 is 5.32 Å². The van der Waals surface area contributed by atoms with Crippen LogP contribution >= 0.6 is 11.3 Å². The van der Waals surface area contributed by atoms with Gasteiger partial charge in [-0.2, -0.15) is 0 Å². The van der Waals surface area contributed by atoms with E-state index in [0.29, 0.717) is 23.3 Å².